The monoisotopic (exact) mass is 324 g/mol. The van der Waals surface area contributed by atoms with Gasteiger partial charge in [0.1, 0.15) is 18.2 Å². The molecular formula is C18H20N4O2. The predicted molar refractivity (Wildman–Crippen MR) is 91.2 cm³/mol. The van der Waals surface area contributed by atoms with E-state index < -0.39 is 0 Å². The van der Waals surface area contributed by atoms with Crippen molar-refractivity contribution < 1.29 is 9.53 Å². The van der Waals surface area contributed by atoms with Gasteiger partial charge in [-0.1, -0.05) is 12.1 Å². The molecule has 2 aliphatic rings. The van der Waals surface area contributed by atoms with Crippen LogP contribution in [0, 0.1) is 0 Å². The largest absolute Gasteiger partial charge is 0.447 e. The predicted octanol–water partition coefficient (Wildman–Crippen LogP) is 3.48. The number of amides is 1. The van der Waals surface area contributed by atoms with Crippen molar-refractivity contribution in [2.75, 3.05) is 23.4 Å². The fraction of sp³-hybridized carbons (Fsp3) is 0.389. The van der Waals surface area contributed by atoms with E-state index in [2.05, 4.69) is 22.2 Å². The number of cyclic esters (lactones) is 1. The summed E-state index contributed by atoms with van der Waals surface area (Å²) in [7, 11) is 0. The first kappa shape index (κ1) is 14.9. The molecular weight excluding hydrogens is 304 g/mol. The Balaban J connectivity index is 1.45. The molecule has 1 aliphatic heterocycles. The van der Waals surface area contributed by atoms with Gasteiger partial charge in [0, 0.05) is 23.8 Å². The first-order chi connectivity index (χ1) is 11.7. The van der Waals surface area contributed by atoms with Crippen molar-refractivity contribution in [3.63, 3.8) is 0 Å². The molecule has 1 aromatic carbocycles. The lowest BCUT2D eigenvalue weighted by Crippen LogP contribution is -2.23. The van der Waals surface area contributed by atoms with E-state index in [1.165, 1.54) is 12.8 Å². The van der Waals surface area contributed by atoms with Gasteiger partial charge in [-0.2, -0.15) is 0 Å². The molecule has 4 rings (SSSR count). The van der Waals surface area contributed by atoms with Gasteiger partial charge in [0.2, 0.25) is 0 Å². The highest BCUT2D eigenvalue weighted by Gasteiger charge is 2.26. The number of anilines is 2. The Hall–Kier alpha value is -2.63. The number of rotatable bonds is 5. The minimum atomic E-state index is -0.275. The van der Waals surface area contributed by atoms with E-state index >= 15 is 0 Å². The van der Waals surface area contributed by atoms with Crippen LogP contribution in [0.5, 0.6) is 0 Å². The SMILES string of the molecule is CC(Nc1ccnc(C2CC2)n1)c1ccc(N2CCOC2=O)cc1. The van der Waals surface area contributed by atoms with Gasteiger partial charge in [-0.05, 0) is 43.5 Å². The fourth-order valence-electron chi connectivity index (χ4n) is 2.87. The van der Waals surface area contributed by atoms with E-state index in [0.717, 1.165) is 22.9 Å². The van der Waals surface area contributed by atoms with E-state index in [9.17, 15) is 4.79 Å². The highest BCUT2D eigenvalue weighted by Crippen LogP contribution is 2.38. The molecule has 1 aromatic heterocycles. The topological polar surface area (TPSA) is 67.3 Å². The highest BCUT2D eigenvalue weighted by molar-refractivity contribution is 5.89. The number of carbonyl (C=O) groups excluding carboxylic acids is 1. The van der Waals surface area contributed by atoms with E-state index in [-0.39, 0.29) is 12.1 Å². The maximum Gasteiger partial charge on any atom is 0.414 e. The second kappa shape index (κ2) is 6.11. The maximum absolute atomic E-state index is 11.6. The first-order valence-electron chi connectivity index (χ1n) is 8.34. The molecule has 2 aromatic rings. The molecule has 124 valence electrons. The zero-order chi connectivity index (χ0) is 16.5. The Morgan fingerprint density at radius 3 is 2.71 bits per heavy atom. The molecule has 0 radical (unpaired) electrons. The summed E-state index contributed by atoms with van der Waals surface area (Å²) in [4.78, 5) is 22.2. The summed E-state index contributed by atoms with van der Waals surface area (Å²) in [5.41, 5.74) is 2.00. The van der Waals surface area contributed by atoms with Crippen LogP contribution < -0.4 is 10.2 Å². The number of nitrogens with one attached hydrogen (secondary N) is 1. The number of ether oxygens (including phenoxy) is 1. The lowest BCUT2D eigenvalue weighted by Gasteiger charge is -2.17. The van der Waals surface area contributed by atoms with Gasteiger partial charge in [0.25, 0.3) is 0 Å². The highest BCUT2D eigenvalue weighted by atomic mass is 16.6. The van der Waals surface area contributed by atoms with Crippen LogP contribution in [-0.2, 0) is 4.74 Å². The van der Waals surface area contributed by atoms with Crippen molar-refractivity contribution in [3.8, 4) is 0 Å². The molecule has 0 bridgehead atoms. The molecule has 1 saturated carbocycles. The number of benzene rings is 1. The Kier molecular flexibility index (Phi) is 3.80. The summed E-state index contributed by atoms with van der Waals surface area (Å²) in [6.45, 7) is 3.16. The molecule has 1 amide bonds. The zero-order valence-corrected chi connectivity index (χ0v) is 13.6. The number of nitrogens with zero attached hydrogens (tertiary/aromatic N) is 3. The third-order valence-corrected chi connectivity index (χ3v) is 4.45. The molecule has 1 saturated heterocycles. The van der Waals surface area contributed by atoms with Crippen LogP contribution in [-0.4, -0.2) is 29.2 Å². The van der Waals surface area contributed by atoms with Crippen molar-refractivity contribution >= 4 is 17.6 Å². The molecule has 6 heteroatoms. The Morgan fingerprint density at radius 2 is 2.04 bits per heavy atom. The summed E-state index contributed by atoms with van der Waals surface area (Å²) in [5.74, 6) is 2.34. The molecule has 24 heavy (non-hydrogen) atoms. The summed E-state index contributed by atoms with van der Waals surface area (Å²) < 4.78 is 4.97. The fourth-order valence-corrected chi connectivity index (χ4v) is 2.87. The quantitative estimate of drug-likeness (QED) is 0.912. The van der Waals surface area contributed by atoms with E-state index in [1.54, 1.807) is 4.90 Å². The van der Waals surface area contributed by atoms with Crippen molar-refractivity contribution in [1.82, 2.24) is 9.97 Å². The minimum absolute atomic E-state index is 0.117. The molecule has 2 heterocycles. The van der Waals surface area contributed by atoms with Crippen LogP contribution in [0.15, 0.2) is 36.5 Å². The van der Waals surface area contributed by atoms with Crippen LogP contribution in [0.2, 0.25) is 0 Å². The summed E-state index contributed by atoms with van der Waals surface area (Å²) in [6.07, 6.45) is 3.93. The lowest BCUT2D eigenvalue weighted by atomic mass is 10.1. The molecule has 2 fully saturated rings. The van der Waals surface area contributed by atoms with E-state index in [0.29, 0.717) is 19.1 Å². The Morgan fingerprint density at radius 1 is 1.25 bits per heavy atom. The maximum atomic E-state index is 11.6. The molecule has 6 nitrogen and oxygen atoms in total. The molecule has 0 spiro atoms. The van der Waals surface area contributed by atoms with Gasteiger partial charge >= 0.3 is 6.09 Å². The zero-order valence-electron chi connectivity index (χ0n) is 13.6. The van der Waals surface area contributed by atoms with Crippen molar-refractivity contribution in [1.29, 1.82) is 0 Å². The van der Waals surface area contributed by atoms with Crippen LogP contribution >= 0.6 is 0 Å². The molecule has 1 unspecified atom stereocenters. The molecule has 1 aliphatic carbocycles. The van der Waals surface area contributed by atoms with Gasteiger partial charge in [0.15, 0.2) is 0 Å². The number of hydrogen-bond acceptors (Lipinski definition) is 5. The first-order valence-corrected chi connectivity index (χ1v) is 8.34. The standard InChI is InChI=1S/C18H20N4O2/c1-12(20-16-8-9-19-17(21-16)14-2-3-14)13-4-6-15(7-5-13)22-10-11-24-18(22)23/h4-9,12,14H,2-3,10-11H2,1H3,(H,19,20,21). The van der Waals surface area contributed by atoms with Crippen LogP contribution in [0.3, 0.4) is 0 Å². The van der Waals surface area contributed by atoms with Crippen molar-refractivity contribution in [2.45, 2.75) is 31.7 Å². The van der Waals surface area contributed by atoms with Crippen LogP contribution in [0.25, 0.3) is 0 Å². The van der Waals surface area contributed by atoms with Gasteiger partial charge in [-0.25, -0.2) is 14.8 Å². The average Bonchev–Trinajstić information content (AvgIpc) is 3.37. The molecule has 1 atom stereocenters. The Bertz CT molecular complexity index is 743. The average molecular weight is 324 g/mol. The van der Waals surface area contributed by atoms with Gasteiger partial charge < -0.3 is 10.1 Å². The minimum Gasteiger partial charge on any atom is -0.447 e. The van der Waals surface area contributed by atoms with Gasteiger partial charge in [-0.15, -0.1) is 0 Å². The smallest absolute Gasteiger partial charge is 0.414 e. The summed E-state index contributed by atoms with van der Waals surface area (Å²) in [6, 6.07) is 9.98. The normalized spacial score (nSPS) is 18.4. The van der Waals surface area contributed by atoms with Crippen molar-refractivity contribution in [3.05, 3.63) is 47.9 Å². The number of hydrogen-bond donors (Lipinski definition) is 1. The third-order valence-electron chi connectivity index (χ3n) is 4.45. The second-order valence-electron chi connectivity index (χ2n) is 6.30. The lowest BCUT2D eigenvalue weighted by molar-refractivity contribution is 0.181. The number of aromatic nitrogens is 2. The van der Waals surface area contributed by atoms with E-state index in [4.69, 9.17) is 4.74 Å². The van der Waals surface area contributed by atoms with Crippen molar-refractivity contribution in [2.24, 2.45) is 0 Å². The van der Waals surface area contributed by atoms with Gasteiger partial charge in [0.05, 0.1) is 6.54 Å². The van der Waals surface area contributed by atoms with Crippen LogP contribution in [0.4, 0.5) is 16.3 Å². The van der Waals surface area contributed by atoms with E-state index in [1.807, 2.05) is 36.5 Å². The summed E-state index contributed by atoms with van der Waals surface area (Å²) in [5, 5.41) is 3.42. The Labute approximate surface area is 140 Å². The summed E-state index contributed by atoms with van der Waals surface area (Å²) >= 11 is 0. The second-order valence-corrected chi connectivity index (χ2v) is 6.30. The third kappa shape index (κ3) is 3.04. The number of carbonyl (C=O) groups is 1. The van der Waals surface area contributed by atoms with Gasteiger partial charge in [-0.3, -0.25) is 4.90 Å². The van der Waals surface area contributed by atoms with Crippen LogP contribution in [0.1, 0.15) is 43.1 Å². The molecule has 1 N–H and O–H groups in total.